The molecule has 1 heterocycles. The molecule has 1 aromatic rings. The predicted octanol–water partition coefficient (Wildman–Crippen LogP) is 2.11. The Kier molecular flexibility index (Phi) is 5.23. The number of likely N-dealkylation sites (tertiary alicyclic amines) is 1. The number of hydrogen-bond donors (Lipinski definition) is 1. The molecule has 19 heavy (non-hydrogen) atoms. The Morgan fingerprint density at radius 3 is 2.68 bits per heavy atom. The van der Waals surface area contributed by atoms with Crippen molar-refractivity contribution in [1.82, 2.24) is 4.90 Å². The Morgan fingerprint density at radius 1 is 1.32 bits per heavy atom. The van der Waals surface area contributed by atoms with Gasteiger partial charge in [0.25, 0.3) is 0 Å². The number of nitrogens with two attached hydrogens (primary N) is 1. The van der Waals surface area contributed by atoms with Gasteiger partial charge in [-0.3, -0.25) is 4.90 Å². The SMILES string of the molecule is CCN1CCCC1CN(C)c1ccc(CCN)cc1. The van der Waals surface area contributed by atoms with Crippen LogP contribution in [0.5, 0.6) is 0 Å². The van der Waals surface area contributed by atoms with E-state index in [1.165, 1.54) is 37.2 Å². The fourth-order valence-electron chi connectivity index (χ4n) is 3.02. The summed E-state index contributed by atoms with van der Waals surface area (Å²) in [4.78, 5) is 4.98. The van der Waals surface area contributed by atoms with Crippen molar-refractivity contribution in [3.05, 3.63) is 29.8 Å². The maximum Gasteiger partial charge on any atom is 0.0364 e. The molecule has 3 nitrogen and oxygen atoms in total. The maximum atomic E-state index is 5.58. The van der Waals surface area contributed by atoms with E-state index in [2.05, 4.69) is 48.0 Å². The van der Waals surface area contributed by atoms with E-state index >= 15 is 0 Å². The minimum absolute atomic E-state index is 0.721. The second-order valence-electron chi connectivity index (χ2n) is 5.51. The first-order valence-corrected chi connectivity index (χ1v) is 7.48. The molecule has 0 bridgehead atoms. The van der Waals surface area contributed by atoms with Crippen LogP contribution >= 0.6 is 0 Å². The van der Waals surface area contributed by atoms with Gasteiger partial charge in [0.2, 0.25) is 0 Å². The summed E-state index contributed by atoms with van der Waals surface area (Å²) in [5, 5.41) is 0. The number of hydrogen-bond acceptors (Lipinski definition) is 3. The lowest BCUT2D eigenvalue weighted by atomic mass is 10.1. The number of anilines is 1. The zero-order chi connectivity index (χ0) is 13.7. The Morgan fingerprint density at radius 2 is 2.05 bits per heavy atom. The summed E-state index contributed by atoms with van der Waals surface area (Å²) in [6, 6.07) is 9.56. The van der Waals surface area contributed by atoms with Crippen LogP contribution in [-0.2, 0) is 6.42 Å². The van der Waals surface area contributed by atoms with E-state index in [-0.39, 0.29) is 0 Å². The number of nitrogens with zero attached hydrogens (tertiary/aromatic N) is 2. The third-order valence-corrected chi connectivity index (χ3v) is 4.20. The second-order valence-corrected chi connectivity index (χ2v) is 5.51. The van der Waals surface area contributed by atoms with Crippen LogP contribution in [0.25, 0.3) is 0 Å². The van der Waals surface area contributed by atoms with Crippen molar-refractivity contribution in [3.8, 4) is 0 Å². The topological polar surface area (TPSA) is 32.5 Å². The van der Waals surface area contributed by atoms with E-state index in [9.17, 15) is 0 Å². The van der Waals surface area contributed by atoms with Gasteiger partial charge in [0.1, 0.15) is 0 Å². The van der Waals surface area contributed by atoms with Gasteiger partial charge in [0.15, 0.2) is 0 Å². The first kappa shape index (κ1) is 14.4. The number of likely N-dealkylation sites (N-methyl/N-ethyl adjacent to an activating group) is 2. The Bertz CT molecular complexity index is 374. The zero-order valence-electron chi connectivity index (χ0n) is 12.3. The first-order chi connectivity index (χ1) is 9.24. The summed E-state index contributed by atoms with van der Waals surface area (Å²) in [7, 11) is 2.20. The van der Waals surface area contributed by atoms with Crippen LogP contribution in [0.3, 0.4) is 0 Å². The highest BCUT2D eigenvalue weighted by Gasteiger charge is 2.23. The third-order valence-electron chi connectivity index (χ3n) is 4.20. The fraction of sp³-hybridized carbons (Fsp3) is 0.625. The third kappa shape index (κ3) is 3.71. The zero-order valence-corrected chi connectivity index (χ0v) is 12.3. The highest BCUT2D eigenvalue weighted by Crippen LogP contribution is 2.20. The molecule has 1 atom stereocenters. The van der Waals surface area contributed by atoms with Crippen molar-refractivity contribution in [1.29, 1.82) is 0 Å². The van der Waals surface area contributed by atoms with Gasteiger partial charge in [0.05, 0.1) is 0 Å². The van der Waals surface area contributed by atoms with Crippen molar-refractivity contribution < 1.29 is 0 Å². The molecular formula is C16H27N3. The molecule has 1 unspecified atom stereocenters. The van der Waals surface area contributed by atoms with E-state index < -0.39 is 0 Å². The molecule has 1 aromatic carbocycles. The van der Waals surface area contributed by atoms with Gasteiger partial charge >= 0.3 is 0 Å². The Hall–Kier alpha value is -1.06. The molecule has 0 amide bonds. The molecule has 106 valence electrons. The summed E-state index contributed by atoms with van der Waals surface area (Å²) < 4.78 is 0. The second kappa shape index (κ2) is 6.92. The van der Waals surface area contributed by atoms with Crippen LogP contribution in [0.4, 0.5) is 5.69 Å². The highest BCUT2D eigenvalue weighted by atomic mass is 15.2. The molecule has 1 saturated heterocycles. The van der Waals surface area contributed by atoms with Crippen LogP contribution in [0.2, 0.25) is 0 Å². The van der Waals surface area contributed by atoms with Gasteiger partial charge in [-0.05, 0) is 56.6 Å². The molecule has 1 aliphatic heterocycles. The van der Waals surface area contributed by atoms with Gasteiger partial charge in [-0.2, -0.15) is 0 Å². The van der Waals surface area contributed by atoms with Crippen LogP contribution in [0, 0.1) is 0 Å². The van der Waals surface area contributed by atoms with E-state index in [1.807, 2.05) is 0 Å². The van der Waals surface area contributed by atoms with Crippen molar-refractivity contribution in [2.45, 2.75) is 32.2 Å². The molecule has 0 aromatic heterocycles. The fourth-order valence-corrected chi connectivity index (χ4v) is 3.02. The summed E-state index contributed by atoms with van der Waals surface area (Å²) in [6.07, 6.45) is 3.65. The van der Waals surface area contributed by atoms with Gasteiger partial charge in [-0.1, -0.05) is 19.1 Å². The largest absolute Gasteiger partial charge is 0.373 e. The molecule has 1 fully saturated rings. The molecule has 2 rings (SSSR count). The van der Waals surface area contributed by atoms with E-state index in [0.717, 1.165) is 25.6 Å². The van der Waals surface area contributed by atoms with Crippen LogP contribution in [0.1, 0.15) is 25.3 Å². The molecule has 0 spiro atoms. The molecular weight excluding hydrogens is 234 g/mol. The first-order valence-electron chi connectivity index (χ1n) is 7.48. The normalized spacial score (nSPS) is 19.8. The molecule has 0 aliphatic carbocycles. The lowest BCUT2D eigenvalue weighted by Crippen LogP contribution is -2.38. The standard InChI is InChI=1S/C16H27N3/c1-3-19-12-4-5-16(19)13-18(2)15-8-6-14(7-9-15)10-11-17/h6-9,16H,3-5,10-13,17H2,1-2H3. The molecule has 0 radical (unpaired) electrons. The molecule has 3 heteroatoms. The van der Waals surface area contributed by atoms with Crippen molar-refractivity contribution >= 4 is 5.69 Å². The quantitative estimate of drug-likeness (QED) is 0.851. The lowest BCUT2D eigenvalue weighted by Gasteiger charge is -2.29. The monoisotopic (exact) mass is 261 g/mol. The van der Waals surface area contributed by atoms with E-state index in [4.69, 9.17) is 5.73 Å². The predicted molar refractivity (Wildman–Crippen MR) is 82.7 cm³/mol. The maximum absolute atomic E-state index is 5.58. The average molecular weight is 261 g/mol. The molecule has 1 aliphatic rings. The Balaban J connectivity index is 1.93. The van der Waals surface area contributed by atoms with E-state index in [0.29, 0.717) is 0 Å². The number of benzene rings is 1. The summed E-state index contributed by atoms with van der Waals surface area (Å²) in [6.45, 7) is 6.56. The van der Waals surface area contributed by atoms with Gasteiger partial charge < -0.3 is 10.6 Å². The van der Waals surface area contributed by atoms with Crippen molar-refractivity contribution in [2.24, 2.45) is 5.73 Å². The van der Waals surface area contributed by atoms with Crippen LogP contribution in [-0.4, -0.2) is 44.2 Å². The van der Waals surface area contributed by atoms with Gasteiger partial charge in [-0.15, -0.1) is 0 Å². The van der Waals surface area contributed by atoms with Crippen molar-refractivity contribution in [2.75, 3.05) is 38.1 Å². The van der Waals surface area contributed by atoms with Crippen molar-refractivity contribution in [3.63, 3.8) is 0 Å². The Labute approximate surface area is 117 Å². The summed E-state index contributed by atoms with van der Waals surface area (Å²) in [5.41, 5.74) is 8.22. The summed E-state index contributed by atoms with van der Waals surface area (Å²) in [5.74, 6) is 0. The lowest BCUT2D eigenvalue weighted by molar-refractivity contribution is 0.270. The van der Waals surface area contributed by atoms with Crippen LogP contribution < -0.4 is 10.6 Å². The molecule has 0 saturated carbocycles. The minimum atomic E-state index is 0.721. The van der Waals surface area contributed by atoms with Crippen LogP contribution in [0.15, 0.2) is 24.3 Å². The molecule has 2 N–H and O–H groups in total. The minimum Gasteiger partial charge on any atom is -0.373 e. The highest BCUT2D eigenvalue weighted by molar-refractivity contribution is 5.47. The average Bonchev–Trinajstić information content (AvgIpc) is 2.87. The van der Waals surface area contributed by atoms with E-state index in [1.54, 1.807) is 0 Å². The van der Waals surface area contributed by atoms with Gasteiger partial charge in [-0.25, -0.2) is 0 Å². The smallest absolute Gasteiger partial charge is 0.0364 e. The van der Waals surface area contributed by atoms with Gasteiger partial charge in [0, 0.05) is 25.3 Å². The summed E-state index contributed by atoms with van der Waals surface area (Å²) >= 11 is 0. The number of rotatable bonds is 6.